The molecular formula is C14H16FN5O. The molecule has 0 unspecified atom stereocenters. The fourth-order valence-electron chi connectivity index (χ4n) is 2.48. The van der Waals surface area contributed by atoms with E-state index in [9.17, 15) is 9.18 Å². The molecule has 1 aliphatic rings. The zero-order valence-corrected chi connectivity index (χ0v) is 11.4. The smallest absolute Gasteiger partial charge is 0.274 e. The van der Waals surface area contributed by atoms with Crippen LogP contribution in [-0.2, 0) is 0 Å². The Labute approximate surface area is 121 Å². The first-order chi connectivity index (χ1) is 10.2. The van der Waals surface area contributed by atoms with Gasteiger partial charge in [-0.05, 0) is 12.1 Å². The monoisotopic (exact) mass is 289 g/mol. The molecule has 1 aromatic carbocycles. The van der Waals surface area contributed by atoms with Gasteiger partial charge in [-0.15, -0.1) is 0 Å². The van der Waals surface area contributed by atoms with Gasteiger partial charge < -0.3 is 15.5 Å². The molecule has 0 radical (unpaired) electrons. The van der Waals surface area contributed by atoms with Crippen molar-refractivity contribution in [2.75, 3.05) is 36.8 Å². The summed E-state index contributed by atoms with van der Waals surface area (Å²) in [6.07, 6.45) is 1.42. The van der Waals surface area contributed by atoms with E-state index >= 15 is 0 Å². The second-order valence-electron chi connectivity index (χ2n) is 4.93. The van der Waals surface area contributed by atoms with Gasteiger partial charge in [0.2, 0.25) is 0 Å². The first kappa shape index (κ1) is 13.4. The van der Waals surface area contributed by atoms with Gasteiger partial charge in [-0.2, -0.15) is 5.10 Å². The molecule has 0 bridgehead atoms. The summed E-state index contributed by atoms with van der Waals surface area (Å²) in [6, 6.07) is 6.67. The molecule has 1 aromatic heterocycles. The molecule has 7 heteroatoms. The van der Waals surface area contributed by atoms with E-state index in [4.69, 9.17) is 5.73 Å². The average Bonchev–Trinajstić information content (AvgIpc) is 2.93. The molecule has 110 valence electrons. The molecule has 0 spiro atoms. The number of aromatic amines is 1. The van der Waals surface area contributed by atoms with Gasteiger partial charge >= 0.3 is 0 Å². The van der Waals surface area contributed by atoms with Crippen molar-refractivity contribution in [3.05, 3.63) is 42.0 Å². The van der Waals surface area contributed by atoms with Crippen molar-refractivity contribution in [3.8, 4) is 0 Å². The number of rotatable bonds is 2. The van der Waals surface area contributed by atoms with Crippen LogP contribution in [0, 0.1) is 5.82 Å². The molecule has 1 amide bonds. The number of carbonyl (C=O) groups is 1. The van der Waals surface area contributed by atoms with Gasteiger partial charge in [0.25, 0.3) is 5.91 Å². The zero-order valence-electron chi connectivity index (χ0n) is 11.4. The summed E-state index contributed by atoms with van der Waals surface area (Å²) in [5.74, 6) is -0.409. The third-order valence-electron chi connectivity index (χ3n) is 3.64. The molecule has 1 saturated heterocycles. The molecule has 0 atom stereocenters. The van der Waals surface area contributed by atoms with Gasteiger partial charge in [-0.3, -0.25) is 9.89 Å². The lowest BCUT2D eigenvalue weighted by Gasteiger charge is -2.36. The molecule has 1 fully saturated rings. The van der Waals surface area contributed by atoms with Gasteiger partial charge in [0, 0.05) is 26.2 Å². The van der Waals surface area contributed by atoms with Crippen LogP contribution in [0.2, 0.25) is 0 Å². The Kier molecular flexibility index (Phi) is 3.47. The van der Waals surface area contributed by atoms with E-state index in [1.54, 1.807) is 23.1 Å². The SMILES string of the molecule is Nc1cn[nH]c1C(=O)N1CCN(c2ccccc2F)CC1. The number of nitrogens with two attached hydrogens (primary N) is 1. The van der Waals surface area contributed by atoms with Crippen molar-refractivity contribution in [3.63, 3.8) is 0 Å². The van der Waals surface area contributed by atoms with Gasteiger partial charge in [-0.1, -0.05) is 12.1 Å². The molecule has 3 N–H and O–H groups in total. The summed E-state index contributed by atoms with van der Waals surface area (Å²) in [5.41, 5.74) is 6.92. The Morgan fingerprint density at radius 1 is 1.24 bits per heavy atom. The van der Waals surface area contributed by atoms with Gasteiger partial charge in [0.1, 0.15) is 11.5 Å². The van der Waals surface area contributed by atoms with Crippen LogP contribution in [0.25, 0.3) is 0 Å². The maximum Gasteiger partial charge on any atom is 0.274 e. The van der Waals surface area contributed by atoms with E-state index in [-0.39, 0.29) is 11.7 Å². The second kappa shape index (κ2) is 5.43. The fraction of sp³-hybridized carbons (Fsp3) is 0.286. The van der Waals surface area contributed by atoms with E-state index in [2.05, 4.69) is 10.2 Å². The number of para-hydroxylation sites is 1. The maximum absolute atomic E-state index is 13.8. The number of carbonyl (C=O) groups excluding carboxylic acids is 1. The first-order valence-electron chi connectivity index (χ1n) is 6.74. The van der Waals surface area contributed by atoms with Crippen molar-refractivity contribution in [1.82, 2.24) is 15.1 Å². The predicted molar refractivity (Wildman–Crippen MR) is 77.5 cm³/mol. The largest absolute Gasteiger partial charge is 0.396 e. The quantitative estimate of drug-likeness (QED) is 0.867. The predicted octanol–water partition coefficient (Wildman–Crippen LogP) is 1.09. The minimum absolute atomic E-state index is 0.168. The van der Waals surface area contributed by atoms with Crippen LogP contribution < -0.4 is 10.6 Å². The van der Waals surface area contributed by atoms with Crippen LogP contribution in [0.15, 0.2) is 30.5 Å². The van der Waals surface area contributed by atoms with Crippen LogP contribution >= 0.6 is 0 Å². The van der Waals surface area contributed by atoms with Crippen LogP contribution in [-0.4, -0.2) is 47.2 Å². The van der Waals surface area contributed by atoms with Crippen LogP contribution in [0.4, 0.5) is 15.8 Å². The number of hydrogen-bond acceptors (Lipinski definition) is 4. The lowest BCUT2D eigenvalue weighted by atomic mass is 10.2. The van der Waals surface area contributed by atoms with E-state index in [1.165, 1.54) is 12.3 Å². The number of nitrogens with one attached hydrogen (secondary N) is 1. The number of halogens is 1. The number of nitrogen functional groups attached to an aromatic ring is 1. The molecule has 1 aliphatic heterocycles. The van der Waals surface area contributed by atoms with Crippen molar-refractivity contribution >= 4 is 17.3 Å². The highest BCUT2D eigenvalue weighted by atomic mass is 19.1. The Hall–Kier alpha value is -2.57. The summed E-state index contributed by atoms with van der Waals surface area (Å²) in [5, 5.41) is 6.37. The number of aromatic nitrogens is 2. The van der Waals surface area contributed by atoms with Gasteiger partial charge in [0.05, 0.1) is 17.6 Å². The van der Waals surface area contributed by atoms with E-state index in [1.807, 2.05) is 4.90 Å². The van der Waals surface area contributed by atoms with Crippen molar-refractivity contribution in [1.29, 1.82) is 0 Å². The fourth-order valence-corrected chi connectivity index (χ4v) is 2.48. The Morgan fingerprint density at radius 2 is 1.95 bits per heavy atom. The van der Waals surface area contributed by atoms with Crippen molar-refractivity contribution in [2.24, 2.45) is 0 Å². The minimum Gasteiger partial charge on any atom is -0.396 e. The lowest BCUT2D eigenvalue weighted by molar-refractivity contribution is 0.0742. The number of amides is 1. The zero-order chi connectivity index (χ0) is 14.8. The highest BCUT2D eigenvalue weighted by Gasteiger charge is 2.25. The summed E-state index contributed by atoms with van der Waals surface area (Å²) < 4.78 is 13.8. The summed E-state index contributed by atoms with van der Waals surface area (Å²) in [7, 11) is 0. The molecule has 21 heavy (non-hydrogen) atoms. The Morgan fingerprint density at radius 3 is 2.57 bits per heavy atom. The van der Waals surface area contributed by atoms with E-state index in [0.717, 1.165) is 0 Å². The molecule has 2 heterocycles. The highest BCUT2D eigenvalue weighted by molar-refractivity contribution is 5.97. The molecule has 0 aliphatic carbocycles. The van der Waals surface area contributed by atoms with Crippen molar-refractivity contribution in [2.45, 2.75) is 0 Å². The molecule has 0 saturated carbocycles. The molecular weight excluding hydrogens is 273 g/mol. The average molecular weight is 289 g/mol. The normalized spacial score (nSPS) is 15.3. The van der Waals surface area contributed by atoms with Gasteiger partial charge in [0.15, 0.2) is 0 Å². The number of piperazine rings is 1. The van der Waals surface area contributed by atoms with Crippen LogP contribution in [0.5, 0.6) is 0 Å². The standard InChI is InChI=1S/C14H16FN5O/c15-10-3-1-2-4-12(10)19-5-7-20(8-6-19)14(21)13-11(16)9-17-18-13/h1-4,9H,5-8,16H2,(H,17,18). The Balaban J connectivity index is 1.67. The molecule has 3 rings (SSSR count). The molecule has 2 aromatic rings. The van der Waals surface area contributed by atoms with Crippen LogP contribution in [0.1, 0.15) is 10.5 Å². The topological polar surface area (TPSA) is 78.2 Å². The maximum atomic E-state index is 13.8. The summed E-state index contributed by atoms with van der Waals surface area (Å²) >= 11 is 0. The molecule has 6 nitrogen and oxygen atoms in total. The highest BCUT2D eigenvalue weighted by Crippen LogP contribution is 2.21. The number of benzene rings is 1. The first-order valence-corrected chi connectivity index (χ1v) is 6.74. The summed E-state index contributed by atoms with van der Waals surface area (Å²) in [4.78, 5) is 15.9. The van der Waals surface area contributed by atoms with Crippen molar-refractivity contribution < 1.29 is 9.18 Å². The summed E-state index contributed by atoms with van der Waals surface area (Å²) in [6.45, 7) is 2.21. The number of nitrogens with zero attached hydrogens (tertiary/aromatic N) is 3. The number of H-pyrrole nitrogens is 1. The van der Waals surface area contributed by atoms with Crippen LogP contribution in [0.3, 0.4) is 0 Å². The number of anilines is 2. The third-order valence-corrected chi connectivity index (χ3v) is 3.64. The lowest BCUT2D eigenvalue weighted by Crippen LogP contribution is -2.49. The van der Waals surface area contributed by atoms with E-state index < -0.39 is 0 Å². The second-order valence-corrected chi connectivity index (χ2v) is 4.93. The number of hydrogen-bond donors (Lipinski definition) is 2. The minimum atomic E-state index is -0.241. The van der Waals surface area contributed by atoms with E-state index in [0.29, 0.717) is 43.2 Å². The Bertz CT molecular complexity index is 648. The van der Waals surface area contributed by atoms with Gasteiger partial charge in [-0.25, -0.2) is 4.39 Å². The third kappa shape index (κ3) is 2.54.